The highest BCUT2D eigenvalue weighted by Crippen LogP contribution is 2.15. The Morgan fingerprint density at radius 3 is 2.47 bits per heavy atom. The second-order valence-electron chi connectivity index (χ2n) is 4.81. The van der Waals surface area contributed by atoms with Crippen molar-refractivity contribution in [1.82, 2.24) is 14.5 Å². The fourth-order valence-electron chi connectivity index (χ4n) is 2.12. The summed E-state index contributed by atoms with van der Waals surface area (Å²) in [5.41, 5.74) is 0. The average Bonchev–Trinajstić information content (AvgIpc) is 2.77. The van der Waals surface area contributed by atoms with Crippen molar-refractivity contribution in [3.63, 3.8) is 0 Å². The second-order valence-corrected chi connectivity index (χ2v) is 7.02. The molecule has 0 aromatic rings. The Labute approximate surface area is 105 Å². The third-order valence-electron chi connectivity index (χ3n) is 3.16. The van der Waals surface area contributed by atoms with Gasteiger partial charge in [0, 0.05) is 19.6 Å². The van der Waals surface area contributed by atoms with Gasteiger partial charge in [-0.3, -0.25) is 0 Å². The maximum absolute atomic E-state index is 12.3. The average molecular weight is 263 g/mol. The van der Waals surface area contributed by atoms with Crippen LogP contribution in [0.15, 0.2) is 0 Å². The molecule has 102 valence electrons. The van der Waals surface area contributed by atoms with Gasteiger partial charge in [0.2, 0.25) is 10.0 Å². The van der Waals surface area contributed by atoms with E-state index in [9.17, 15) is 8.42 Å². The van der Waals surface area contributed by atoms with Crippen LogP contribution in [0.1, 0.15) is 19.8 Å². The highest BCUT2D eigenvalue weighted by Gasteiger charge is 2.32. The first-order chi connectivity index (χ1) is 7.98. The minimum absolute atomic E-state index is 0.221. The van der Waals surface area contributed by atoms with Gasteiger partial charge in [0.15, 0.2) is 0 Å². The van der Waals surface area contributed by atoms with Gasteiger partial charge in [-0.15, -0.1) is 0 Å². The van der Waals surface area contributed by atoms with Crippen molar-refractivity contribution < 1.29 is 8.42 Å². The van der Waals surface area contributed by atoms with Crippen molar-refractivity contribution in [2.24, 2.45) is 0 Å². The van der Waals surface area contributed by atoms with E-state index in [2.05, 4.69) is 10.2 Å². The van der Waals surface area contributed by atoms with Gasteiger partial charge in [-0.1, -0.05) is 6.92 Å². The van der Waals surface area contributed by atoms with Crippen LogP contribution < -0.4 is 5.32 Å². The van der Waals surface area contributed by atoms with Crippen molar-refractivity contribution in [3.05, 3.63) is 0 Å². The fourth-order valence-corrected chi connectivity index (χ4v) is 4.03. The molecule has 0 bridgehead atoms. The Kier molecular flexibility index (Phi) is 5.85. The molecule has 1 aliphatic heterocycles. The van der Waals surface area contributed by atoms with Crippen LogP contribution in [-0.2, 0) is 10.0 Å². The summed E-state index contributed by atoms with van der Waals surface area (Å²) in [6.07, 6.45) is 1.63. The standard InChI is InChI=1S/C11H25N3O2S/c1-4-14(9-5-8-13(2)3)17(15,16)11-6-7-12-10-11/h11-12H,4-10H2,1-3H3. The molecule has 0 saturated carbocycles. The van der Waals surface area contributed by atoms with Crippen molar-refractivity contribution in [2.45, 2.75) is 25.0 Å². The SMILES string of the molecule is CCN(CCCN(C)C)S(=O)(=O)C1CCNC1. The van der Waals surface area contributed by atoms with Gasteiger partial charge in [-0.2, -0.15) is 0 Å². The molecule has 1 N–H and O–H groups in total. The molecule has 17 heavy (non-hydrogen) atoms. The molecule has 1 atom stereocenters. The molecule has 5 nitrogen and oxygen atoms in total. The predicted octanol–water partition coefficient (Wildman–Crippen LogP) is -0.0483. The molecule has 0 aliphatic carbocycles. The molecule has 1 fully saturated rings. The van der Waals surface area contributed by atoms with Crippen LogP contribution in [-0.4, -0.2) is 69.7 Å². The van der Waals surface area contributed by atoms with Crippen LogP contribution in [0, 0.1) is 0 Å². The topological polar surface area (TPSA) is 52.7 Å². The summed E-state index contributed by atoms with van der Waals surface area (Å²) >= 11 is 0. The quantitative estimate of drug-likeness (QED) is 0.700. The molecule has 0 spiro atoms. The van der Waals surface area contributed by atoms with Gasteiger partial charge in [-0.05, 0) is 40.0 Å². The van der Waals surface area contributed by atoms with E-state index in [1.54, 1.807) is 4.31 Å². The van der Waals surface area contributed by atoms with Crippen LogP contribution in [0.4, 0.5) is 0 Å². The summed E-state index contributed by atoms with van der Waals surface area (Å²) in [5, 5.41) is 2.90. The van der Waals surface area contributed by atoms with Crippen LogP contribution in [0.25, 0.3) is 0 Å². The summed E-state index contributed by atoms with van der Waals surface area (Å²) in [5.74, 6) is 0. The molecule has 1 rings (SSSR count). The van der Waals surface area contributed by atoms with Gasteiger partial charge in [0.25, 0.3) is 0 Å². The molecule has 6 heteroatoms. The largest absolute Gasteiger partial charge is 0.315 e. The normalized spacial score (nSPS) is 21.6. The lowest BCUT2D eigenvalue weighted by molar-refractivity contribution is 0.354. The number of hydrogen-bond acceptors (Lipinski definition) is 4. The zero-order valence-electron chi connectivity index (χ0n) is 11.1. The number of hydrogen-bond donors (Lipinski definition) is 1. The van der Waals surface area contributed by atoms with Crippen LogP contribution >= 0.6 is 0 Å². The Hall–Kier alpha value is -0.170. The van der Waals surface area contributed by atoms with Crippen molar-refractivity contribution >= 4 is 10.0 Å². The molecule has 0 aromatic carbocycles. The zero-order valence-corrected chi connectivity index (χ0v) is 12.0. The summed E-state index contributed by atoms with van der Waals surface area (Å²) < 4.78 is 26.3. The van der Waals surface area contributed by atoms with Crippen molar-refractivity contribution in [1.29, 1.82) is 0 Å². The molecule has 1 heterocycles. The summed E-state index contributed by atoms with van der Waals surface area (Å²) in [4.78, 5) is 2.08. The molecule has 1 unspecified atom stereocenters. The van der Waals surface area contributed by atoms with Gasteiger partial charge in [-0.25, -0.2) is 12.7 Å². The lowest BCUT2D eigenvalue weighted by Crippen LogP contribution is -2.40. The fraction of sp³-hybridized carbons (Fsp3) is 1.00. The van der Waals surface area contributed by atoms with Gasteiger partial charge in [0.05, 0.1) is 5.25 Å². The molecule has 0 radical (unpaired) electrons. The first kappa shape index (κ1) is 14.9. The Morgan fingerprint density at radius 2 is 2.00 bits per heavy atom. The van der Waals surface area contributed by atoms with E-state index in [1.165, 1.54) is 0 Å². The molecule has 0 aromatic heterocycles. The van der Waals surface area contributed by atoms with E-state index < -0.39 is 10.0 Å². The zero-order chi connectivity index (χ0) is 12.9. The van der Waals surface area contributed by atoms with E-state index in [0.717, 1.165) is 25.9 Å². The predicted molar refractivity (Wildman–Crippen MR) is 70.6 cm³/mol. The lowest BCUT2D eigenvalue weighted by atomic mass is 10.4. The number of nitrogens with zero attached hydrogens (tertiary/aromatic N) is 2. The minimum Gasteiger partial charge on any atom is -0.315 e. The van der Waals surface area contributed by atoms with Crippen molar-refractivity contribution in [2.75, 3.05) is 46.8 Å². The third-order valence-corrected chi connectivity index (χ3v) is 5.57. The molecular formula is C11H25N3O2S. The van der Waals surface area contributed by atoms with Gasteiger partial charge >= 0.3 is 0 Å². The summed E-state index contributed by atoms with van der Waals surface area (Å²) in [6, 6.07) is 0. The lowest BCUT2D eigenvalue weighted by Gasteiger charge is -2.24. The van der Waals surface area contributed by atoms with Crippen LogP contribution in [0.5, 0.6) is 0 Å². The van der Waals surface area contributed by atoms with E-state index in [0.29, 0.717) is 19.6 Å². The van der Waals surface area contributed by atoms with Crippen LogP contribution in [0.2, 0.25) is 0 Å². The monoisotopic (exact) mass is 263 g/mol. The Balaban J connectivity index is 2.53. The highest BCUT2D eigenvalue weighted by molar-refractivity contribution is 7.89. The van der Waals surface area contributed by atoms with Crippen molar-refractivity contribution in [3.8, 4) is 0 Å². The summed E-state index contributed by atoms with van der Waals surface area (Å²) in [6.45, 7) is 5.47. The van der Waals surface area contributed by atoms with Crippen LogP contribution in [0.3, 0.4) is 0 Å². The molecular weight excluding hydrogens is 238 g/mol. The third kappa shape index (κ3) is 4.21. The van der Waals surface area contributed by atoms with Gasteiger partial charge in [0.1, 0.15) is 0 Å². The highest BCUT2D eigenvalue weighted by atomic mass is 32.2. The van der Waals surface area contributed by atoms with E-state index in [-0.39, 0.29) is 5.25 Å². The maximum atomic E-state index is 12.3. The maximum Gasteiger partial charge on any atom is 0.218 e. The molecule has 1 saturated heterocycles. The number of rotatable bonds is 7. The van der Waals surface area contributed by atoms with E-state index in [1.807, 2.05) is 21.0 Å². The minimum atomic E-state index is -3.10. The number of nitrogens with one attached hydrogen (secondary N) is 1. The Bertz CT molecular complexity index is 311. The first-order valence-corrected chi connectivity index (χ1v) is 7.83. The Morgan fingerprint density at radius 1 is 1.29 bits per heavy atom. The smallest absolute Gasteiger partial charge is 0.218 e. The van der Waals surface area contributed by atoms with E-state index in [4.69, 9.17) is 0 Å². The molecule has 1 aliphatic rings. The first-order valence-electron chi connectivity index (χ1n) is 6.33. The van der Waals surface area contributed by atoms with Gasteiger partial charge < -0.3 is 10.2 Å². The summed E-state index contributed by atoms with van der Waals surface area (Å²) in [7, 11) is 0.915. The molecule has 0 amide bonds. The second kappa shape index (κ2) is 6.68. The van der Waals surface area contributed by atoms with E-state index >= 15 is 0 Å². The number of sulfonamides is 1.